The van der Waals surface area contributed by atoms with Crippen molar-refractivity contribution in [3.8, 4) is 5.75 Å². The summed E-state index contributed by atoms with van der Waals surface area (Å²) in [6, 6.07) is 3.41. The Kier molecular flexibility index (Phi) is 4.43. The minimum atomic E-state index is -0.237. The molecule has 16 heavy (non-hydrogen) atoms. The fourth-order valence-corrected chi connectivity index (χ4v) is 1.47. The van der Waals surface area contributed by atoms with Gasteiger partial charge >= 0.3 is 6.03 Å². The van der Waals surface area contributed by atoms with Gasteiger partial charge in [0.05, 0.1) is 7.11 Å². The van der Waals surface area contributed by atoms with Crippen LogP contribution in [0.4, 0.5) is 4.79 Å². The van der Waals surface area contributed by atoms with Gasteiger partial charge in [0.2, 0.25) is 0 Å². The highest BCUT2D eigenvalue weighted by atomic mass is 35.5. The summed E-state index contributed by atoms with van der Waals surface area (Å²) < 4.78 is 5.22. The topological polar surface area (TPSA) is 50.4 Å². The minimum absolute atomic E-state index is 0.237. The summed E-state index contributed by atoms with van der Waals surface area (Å²) in [5.74, 6) is 0.721. The summed E-state index contributed by atoms with van der Waals surface area (Å²) in [6.07, 6.45) is 0. The number of methoxy groups -OCH3 is 1. The van der Waals surface area contributed by atoms with Crippen molar-refractivity contribution >= 4 is 17.6 Å². The molecule has 1 aromatic rings. The zero-order valence-electron chi connectivity index (χ0n) is 9.56. The van der Waals surface area contributed by atoms with Crippen molar-refractivity contribution in [3.63, 3.8) is 0 Å². The SMILES string of the molecule is CNC(=O)NCc1cc(Cl)c(C)cc1OC. The van der Waals surface area contributed by atoms with E-state index in [0.717, 1.165) is 16.9 Å². The molecule has 0 saturated carbocycles. The third-order valence-electron chi connectivity index (χ3n) is 2.23. The summed E-state index contributed by atoms with van der Waals surface area (Å²) in [5, 5.41) is 5.82. The molecule has 0 spiro atoms. The average Bonchev–Trinajstić information content (AvgIpc) is 2.29. The number of urea groups is 1. The number of benzene rings is 1. The van der Waals surface area contributed by atoms with Gasteiger partial charge in [-0.15, -0.1) is 0 Å². The molecule has 0 fully saturated rings. The van der Waals surface area contributed by atoms with Crippen molar-refractivity contribution in [1.29, 1.82) is 0 Å². The van der Waals surface area contributed by atoms with Crippen LogP contribution in [-0.2, 0) is 6.54 Å². The number of amides is 2. The third-order valence-corrected chi connectivity index (χ3v) is 2.64. The van der Waals surface area contributed by atoms with Crippen LogP contribution in [0.15, 0.2) is 12.1 Å². The summed E-state index contributed by atoms with van der Waals surface area (Å²) in [7, 11) is 3.15. The number of carbonyl (C=O) groups is 1. The van der Waals surface area contributed by atoms with Gasteiger partial charge in [-0.3, -0.25) is 0 Å². The fraction of sp³-hybridized carbons (Fsp3) is 0.364. The molecule has 0 radical (unpaired) electrons. The molecule has 5 heteroatoms. The molecule has 4 nitrogen and oxygen atoms in total. The van der Waals surface area contributed by atoms with Gasteiger partial charge < -0.3 is 15.4 Å². The predicted octanol–water partition coefficient (Wildman–Crippen LogP) is 2.09. The lowest BCUT2D eigenvalue weighted by Crippen LogP contribution is -2.32. The molecule has 1 aromatic carbocycles. The van der Waals surface area contributed by atoms with Crippen LogP contribution < -0.4 is 15.4 Å². The van der Waals surface area contributed by atoms with Gasteiger partial charge in [-0.1, -0.05) is 11.6 Å². The molecular formula is C11H15ClN2O2. The van der Waals surface area contributed by atoms with Crippen molar-refractivity contribution in [2.45, 2.75) is 13.5 Å². The lowest BCUT2D eigenvalue weighted by Gasteiger charge is -2.11. The number of hydrogen-bond donors (Lipinski definition) is 2. The molecule has 0 aliphatic carbocycles. The largest absolute Gasteiger partial charge is 0.496 e. The van der Waals surface area contributed by atoms with Crippen LogP contribution in [0.2, 0.25) is 5.02 Å². The molecule has 0 atom stereocenters. The molecule has 0 aromatic heterocycles. The van der Waals surface area contributed by atoms with Crippen LogP contribution >= 0.6 is 11.6 Å². The Morgan fingerprint density at radius 2 is 2.19 bits per heavy atom. The first-order valence-electron chi connectivity index (χ1n) is 4.87. The van der Waals surface area contributed by atoms with E-state index in [0.29, 0.717) is 11.6 Å². The van der Waals surface area contributed by atoms with Crippen LogP contribution in [0.5, 0.6) is 5.75 Å². The Labute approximate surface area is 99.9 Å². The number of ether oxygens (including phenoxy) is 1. The molecule has 0 aliphatic heterocycles. The molecule has 2 N–H and O–H groups in total. The molecule has 0 saturated heterocycles. The maximum Gasteiger partial charge on any atom is 0.314 e. The second-order valence-electron chi connectivity index (χ2n) is 3.35. The summed E-state index contributed by atoms with van der Waals surface area (Å²) >= 11 is 6.01. The van der Waals surface area contributed by atoms with E-state index in [1.807, 2.05) is 13.0 Å². The first-order valence-corrected chi connectivity index (χ1v) is 5.25. The van der Waals surface area contributed by atoms with E-state index in [1.165, 1.54) is 0 Å². The van der Waals surface area contributed by atoms with Crippen molar-refractivity contribution in [1.82, 2.24) is 10.6 Å². The number of hydrogen-bond acceptors (Lipinski definition) is 2. The lowest BCUT2D eigenvalue weighted by atomic mass is 10.1. The maximum absolute atomic E-state index is 11.0. The number of rotatable bonds is 3. The van der Waals surface area contributed by atoms with Crippen LogP contribution in [-0.4, -0.2) is 20.2 Å². The fourth-order valence-electron chi connectivity index (χ4n) is 1.29. The maximum atomic E-state index is 11.0. The first-order chi connectivity index (χ1) is 7.58. The molecule has 88 valence electrons. The van der Waals surface area contributed by atoms with Gasteiger partial charge in [0, 0.05) is 24.2 Å². The highest BCUT2D eigenvalue weighted by Crippen LogP contribution is 2.26. The van der Waals surface area contributed by atoms with E-state index in [2.05, 4.69) is 10.6 Å². The van der Waals surface area contributed by atoms with Crippen LogP contribution in [0.3, 0.4) is 0 Å². The van der Waals surface area contributed by atoms with E-state index < -0.39 is 0 Å². The summed E-state index contributed by atoms with van der Waals surface area (Å²) in [4.78, 5) is 11.0. The Morgan fingerprint density at radius 3 is 2.75 bits per heavy atom. The van der Waals surface area contributed by atoms with E-state index >= 15 is 0 Å². The smallest absolute Gasteiger partial charge is 0.314 e. The number of aryl methyl sites for hydroxylation is 1. The zero-order valence-corrected chi connectivity index (χ0v) is 10.3. The predicted molar refractivity (Wildman–Crippen MR) is 64.0 cm³/mol. The van der Waals surface area contributed by atoms with Crippen molar-refractivity contribution in [3.05, 3.63) is 28.3 Å². The molecule has 0 unspecified atom stereocenters. The van der Waals surface area contributed by atoms with E-state index in [9.17, 15) is 4.79 Å². The Hall–Kier alpha value is -1.42. The highest BCUT2D eigenvalue weighted by Gasteiger charge is 2.07. The molecular weight excluding hydrogens is 228 g/mol. The van der Waals surface area contributed by atoms with Gasteiger partial charge in [-0.05, 0) is 24.6 Å². The van der Waals surface area contributed by atoms with Gasteiger partial charge in [0.25, 0.3) is 0 Å². The van der Waals surface area contributed by atoms with Gasteiger partial charge in [-0.2, -0.15) is 0 Å². The Balaban J connectivity index is 2.86. The summed E-state index contributed by atoms with van der Waals surface area (Å²) in [6.45, 7) is 2.28. The van der Waals surface area contributed by atoms with Crippen LogP contribution in [0, 0.1) is 6.92 Å². The molecule has 0 heterocycles. The number of halogens is 1. The van der Waals surface area contributed by atoms with E-state index in [1.54, 1.807) is 20.2 Å². The lowest BCUT2D eigenvalue weighted by molar-refractivity contribution is 0.242. The highest BCUT2D eigenvalue weighted by molar-refractivity contribution is 6.31. The number of nitrogens with one attached hydrogen (secondary N) is 2. The number of carbonyl (C=O) groups excluding carboxylic acids is 1. The molecule has 0 aliphatic rings. The average molecular weight is 243 g/mol. The Morgan fingerprint density at radius 1 is 1.50 bits per heavy atom. The van der Waals surface area contributed by atoms with Crippen molar-refractivity contribution in [2.75, 3.05) is 14.2 Å². The van der Waals surface area contributed by atoms with Crippen LogP contribution in [0.25, 0.3) is 0 Å². The molecule has 1 rings (SSSR count). The van der Waals surface area contributed by atoms with Crippen molar-refractivity contribution in [2.24, 2.45) is 0 Å². The second kappa shape index (κ2) is 5.61. The third kappa shape index (κ3) is 3.03. The molecule has 2 amide bonds. The van der Waals surface area contributed by atoms with Gasteiger partial charge in [0.15, 0.2) is 0 Å². The summed E-state index contributed by atoms with van der Waals surface area (Å²) in [5.41, 5.74) is 1.80. The monoisotopic (exact) mass is 242 g/mol. The van der Waals surface area contributed by atoms with Gasteiger partial charge in [-0.25, -0.2) is 4.79 Å². The van der Waals surface area contributed by atoms with E-state index in [-0.39, 0.29) is 6.03 Å². The quantitative estimate of drug-likeness (QED) is 0.853. The molecule has 0 bridgehead atoms. The second-order valence-corrected chi connectivity index (χ2v) is 3.75. The first kappa shape index (κ1) is 12.6. The zero-order chi connectivity index (χ0) is 12.1. The van der Waals surface area contributed by atoms with Gasteiger partial charge in [0.1, 0.15) is 5.75 Å². The standard InChI is InChI=1S/C11H15ClN2O2/c1-7-4-10(16-3)8(5-9(7)12)6-14-11(15)13-2/h4-5H,6H2,1-3H3,(H2,13,14,15). The minimum Gasteiger partial charge on any atom is -0.496 e. The Bertz CT molecular complexity index is 394. The van der Waals surface area contributed by atoms with E-state index in [4.69, 9.17) is 16.3 Å². The van der Waals surface area contributed by atoms with Crippen LogP contribution in [0.1, 0.15) is 11.1 Å². The van der Waals surface area contributed by atoms with Crippen molar-refractivity contribution < 1.29 is 9.53 Å². The normalized spacial score (nSPS) is 9.75.